The Bertz CT molecular complexity index is 987. The van der Waals surface area contributed by atoms with Crippen molar-refractivity contribution in [1.82, 2.24) is 19.5 Å². The van der Waals surface area contributed by atoms with Crippen molar-refractivity contribution in [2.75, 3.05) is 7.11 Å². The Hall–Kier alpha value is -2.67. The lowest BCUT2D eigenvalue weighted by molar-refractivity contribution is -0.0245. The monoisotopic (exact) mass is 382 g/mol. The van der Waals surface area contributed by atoms with Crippen molar-refractivity contribution >= 4 is 11.2 Å². The minimum absolute atomic E-state index is 0.190. The van der Waals surface area contributed by atoms with Crippen molar-refractivity contribution in [3.8, 4) is 5.75 Å². The van der Waals surface area contributed by atoms with Gasteiger partial charge in [-0.3, -0.25) is 9.36 Å². The molecule has 1 N–H and O–H groups in total. The number of nitrogens with zero attached hydrogens (tertiary/aromatic N) is 3. The summed E-state index contributed by atoms with van der Waals surface area (Å²) in [5.41, 5.74) is 1.69. The molecular formula is C21H26N4O3. The maximum absolute atomic E-state index is 12.3. The largest absolute Gasteiger partial charge is 0.497 e. The van der Waals surface area contributed by atoms with Crippen LogP contribution in [0.25, 0.3) is 11.2 Å². The lowest BCUT2D eigenvalue weighted by Crippen LogP contribution is -2.23. The molecule has 1 unspecified atom stereocenters. The second kappa shape index (κ2) is 8.14. The van der Waals surface area contributed by atoms with Gasteiger partial charge in [-0.05, 0) is 31.4 Å². The number of fused-ring (bicyclic) bond motifs is 1. The highest BCUT2D eigenvalue weighted by Crippen LogP contribution is 2.31. The molecule has 0 aliphatic heterocycles. The lowest BCUT2D eigenvalue weighted by Gasteiger charge is -2.25. The first-order chi connectivity index (χ1) is 13.7. The molecule has 7 heteroatoms. The number of rotatable bonds is 7. The number of H-pyrrole nitrogens is 1. The van der Waals surface area contributed by atoms with E-state index in [4.69, 9.17) is 9.47 Å². The predicted molar refractivity (Wildman–Crippen MR) is 107 cm³/mol. The SMILES string of the molecule is CCCc1nc2c([nH]1)c(=O)ncn2C(OC1CCCC1)c1ccc(OC)cc1. The van der Waals surface area contributed by atoms with Gasteiger partial charge < -0.3 is 14.5 Å². The van der Waals surface area contributed by atoms with E-state index >= 15 is 0 Å². The number of imidazole rings is 1. The molecule has 0 saturated heterocycles. The molecule has 0 radical (unpaired) electrons. The Labute approximate surface area is 163 Å². The van der Waals surface area contributed by atoms with E-state index in [0.717, 1.165) is 42.8 Å². The number of aryl methyl sites for hydroxylation is 1. The molecule has 3 aromatic rings. The van der Waals surface area contributed by atoms with Gasteiger partial charge in [-0.15, -0.1) is 0 Å². The van der Waals surface area contributed by atoms with Crippen LogP contribution in [0.3, 0.4) is 0 Å². The van der Waals surface area contributed by atoms with Crippen LogP contribution < -0.4 is 10.3 Å². The Balaban J connectivity index is 1.80. The number of hydrogen-bond donors (Lipinski definition) is 1. The van der Waals surface area contributed by atoms with Gasteiger partial charge in [0, 0.05) is 12.0 Å². The zero-order valence-electron chi connectivity index (χ0n) is 16.4. The maximum Gasteiger partial charge on any atom is 0.298 e. The summed E-state index contributed by atoms with van der Waals surface area (Å²) < 4.78 is 13.7. The fourth-order valence-corrected chi connectivity index (χ4v) is 3.79. The van der Waals surface area contributed by atoms with Crippen LogP contribution in [0.2, 0.25) is 0 Å². The summed E-state index contributed by atoms with van der Waals surface area (Å²) in [4.78, 5) is 24.2. The van der Waals surface area contributed by atoms with E-state index in [2.05, 4.69) is 21.9 Å². The number of nitrogens with one attached hydrogen (secondary N) is 1. The number of aromatic amines is 1. The topological polar surface area (TPSA) is 82.0 Å². The molecule has 2 aromatic heterocycles. The fraction of sp³-hybridized carbons (Fsp3) is 0.476. The molecular weight excluding hydrogens is 356 g/mol. The normalized spacial score (nSPS) is 15.9. The van der Waals surface area contributed by atoms with Crippen molar-refractivity contribution in [2.24, 2.45) is 0 Å². The highest BCUT2D eigenvalue weighted by molar-refractivity contribution is 5.70. The zero-order chi connectivity index (χ0) is 19.5. The van der Waals surface area contributed by atoms with Crippen LogP contribution in [0.4, 0.5) is 0 Å². The summed E-state index contributed by atoms with van der Waals surface area (Å²) in [6.07, 6.45) is 7.52. The predicted octanol–water partition coefficient (Wildman–Crippen LogP) is 3.59. The molecule has 7 nitrogen and oxygen atoms in total. The molecule has 148 valence electrons. The summed E-state index contributed by atoms with van der Waals surface area (Å²) in [6, 6.07) is 7.81. The zero-order valence-corrected chi connectivity index (χ0v) is 16.4. The fourth-order valence-electron chi connectivity index (χ4n) is 3.79. The van der Waals surface area contributed by atoms with E-state index in [1.807, 2.05) is 28.8 Å². The summed E-state index contributed by atoms with van der Waals surface area (Å²) in [7, 11) is 1.65. The maximum atomic E-state index is 12.3. The molecule has 1 atom stereocenters. The van der Waals surface area contributed by atoms with Gasteiger partial charge >= 0.3 is 0 Å². The van der Waals surface area contributed by atoms with Gasteiger partial charge in [0.1, 0.15) is 17.9 Å². The molecule has 4 rings (SSSR count). The molecule has 28 heavy (non-hydrogen) atoms. The average molecular weight is 382 g/mol. The summed E-state index contributed by atoms with van der Waals surface area (Å²) in [5.74, 6) is 1.59. The summed E-state index contributed by atoms with van der Waals surface area (Å²) in [5, 5.41) is 0. The van der Waals surface area contributed by atoms with Crippen molar-refractivity contribution < 1.29 is 9.47 Å². The standard InChI is InChI=1S/C21H26N4O3/c1-3-6-17-23-18-19(24-17)25(13-22-20(18)26)21(28-16-7-4-5-8-16)14-9-11-15(27-2)12-10-14/h9-13,16,21H,3-8H2,1-2H3,(H,23,24). The van der Waals surface area contributed by atoms with Crippen LogP contribution in [-0.4, -0.2) is 32.7 Å². The highest BCUT2D eigenvalue weighted by atomic mass is 16.5. The molecule has 1 aromatic carbocycles. The third kappa shape index (κ3) is 3.67. The van der Waals surface area contributed by atoms with Crippen molar-refractivity contribution in [1.29, 1.82) is 0 Å². The van der Waals surface area contributed by atoms with Crippen molar-refractivity contribution in [3.05, 3.63) is 52.3 Å². The van der Waals surface area contributed by atoms with E-state index in [-0.39, 0.29) is 11.7 Å². The number of methoxy groups -OCH3 is 1. The second-order valence-electron chi connectivity index (χ2n) is 7.26. The number of aromatic nitrogens is 4. The Morgan fingerprint density at radius 1 is 1.25 bits per heavy atom. The van der Waals surface area contributed by atoms with Gasteiger partial charge in [-0.25, -0.2) is 4.98 Å². The molecule has 1 aliphatic carbocycles. The van der Waals surface area contributed by atoms with Crippen LogP contribution in [-0.2, 0) is 11.2 Å². The minimum atomic E-state index is -0.401. The van der Waals surface area contributed by atoms with Gasteiger partial charge in [-0.2, -0.15) is 4.98 Å². The van der Waals surface area contributed by atoms with Gasteiger partial charge in [0.15, 0.2) is 17.4 Å². The molecule has 1 aliphatic rings. The number of hydrogen-bond acceptors (Lipinski definition) is 5. The van der Waals surface area contributed by atoms with E-state index in [0.29, 0.717) is 11.2 Å². The lowest BCUT2D eigenvalue weighted by atomic mass is 10.1. The molecule has 2 heterocycles. The molecule has 1 fully saturated rings. The first kappa shape index (κ1) is 18.7. The quantitative estimate of drug-likeness (QED) is 0.675. The van der Waals surface area contributed by atoms with Crippen molar-refractivity contribution in [3.63, 3.8) is 0 Å². The van der Waals surface area contributed by atoms with Gasteiger partial charge in [0.2, 0.25) is 0 Å². The number of ether oxygens (including phenoxy) is 2. The Morgan fingerprint density at radius 3 is 2.68 bits per heavy atom. The minimum Gasteiger partial charge on any atom is -0.497 e. The summed E-state index contributed by atoms with van der Waals surface area (Å²) in [6.45, 7) is 2.08. The van der Waals surface area contributed by atoms with E-state index in [1.54, 1.807) is 13.4 Å². The average Bonchev–Trinajstić information content (AvgIpc) is 3.38. The van der Waals surface area contributed by atoms with Crippen LogP contribution >= 0.6 is 0 Å². The molecule has 1 saturated carbocycles. The smallest absolute Gasteiger partial charge is 0.298 e. The van der Waals surface area contributed by atoms with E-state index < -0.39 is 6.23 Å². The van der Waals surface area contributed by atoms with Gasteiger partial charge in [0.05, 0.1) is 13.2 Å². The Morgan fingerprint density at radius 2 is 2.00 bits per heavy atom. The van der Waals surface area contributed by atoms with Crippen LogP contribution in [0, 0.1) is 0 Å². The molecule has 0 bridgehead atoms. The van der Waals surface area contributed by atoms with Gasteiger partial charge in [0.25, 0.3) is 5.56 Å². The molecule has 0 spiro atoms. The van der Waals surface area contributed by atoms with Crippen LogP contribution in [0.5, 0.6) is 5.75 Å². The van der Waals surface area contributed by atoms with E-state index in [1.165, 1.54) is 12.8 Å². The Kier molecular flexibility index (Phi) is 5.43. The summed E-state index contributed by atoms with van der Waals surface area (Å²) >= 11 is 0. The molecule has 0 amide bonds. The third-order valence-electron chi connectivity index (χ3n) is 5.26. The van der Waals surface area contributed by atoms with Crippen molar-refractivity contribution in [2.45, 2.75) is 57.8 Å². The second-order valence-corrected chi connectivity index (χ2v) is 7.26. The first-order valence-corrected chi connectivity index (χ1v) is 9.94. The number of benzene rings is 1. The third-order valence-corrected chi connectivity index (χ3v) is 5.26. The van der Waals surface area contributed by atoms with Gasteiger partial charge in [-0.1, -0.05) is 31.9 Å². The highest BCUT2D eigenvalue weighted by Gasteiger charge is 2.25. The van der Waals surface area contributed by atoms with Crippen LogP contribution in [0.15, 0.2) is 35.4 Å². The van der Waals surface area contributed by atoms with E-state index in [9.17, 15) is 4.79 Å². The first-order valence-electron chi connectivity index (χ1n) is 9.94. The van der Waals surface area contributed by atoms with Crippen LogP contribution in [0.1, 0.15) is 56.6 Å².